The predicted molar refractivity (Wildman–Crippen MR) is 118 cm³/mol. The third-order valence-corrected chi connectivity index (χ3v) is 7.77. The van der Waals surface area contributed by atoms with Gasteiger partial charge in [-0.2, -0.15) is 0 Å². The molecule has 3 aliphatic rings. The maximum atomic E-state index is 12.9. The molecule has 0 aliphatic carbocycles. The molecule has 3 aliphatic heterocycles. The molecule has 1 N–H and O–H groups in total. The Morgan fingerprint density at radius 2 is 2.13 bits per heavy atom. The van der Waals surface area contributed by atoms with Crippen LogP contribution < -0.4 is 4.74 Å². The number of rotatable bonds is 6. The summed E-state index contributed by atoms with van der Waals surface area (Å²) in [5.41, 5.74) is 0.447. The highest BCUT2D eigenvalue weighted by molar-refractivity contribution is 6.05. The van der Waals surface area contributed by atoms with Crippen LogP contribution in [-0.2, 0) is 19.9 Å². The Kier molecular flexibility index (Phi) is 5.87. The van der Waals surface area contributed by atoms with Gasteiger partial charge in [-0.05, 0) is 43.7 Å². The van der Waals surface area contributed by atoms with Gasteiger partial charge in [0, 0.05) is 20.2 Å². The van der Waals surface area contributed by atoms with Gasteiger partial charge in [-0.3, -0.25) is 14.7 Å². The van der Waals surface area contributed by atoms with Gasteiger partial charge in [0.1, 0.15) is 11.4 Å². The summed E-state index contributed by atoms with van der Waals surface area (Å²) in [6.45, 7) is 6.08. The quantitative estimate of drug-likeness (QED) is 0.699. The summed E-state index contributed by atoms with van der Waals surface area (Å²) in [7, 11) is 4.69. The fourth-order valence-corrected chi connectivity index (χ4v) is 6.17. The van der Waals surface area contributed by atoms with Gasteiger partial charge in [-0.1, -0.05) is 19.4 Å². The smallest absolute Gasteiger partial charge is 0.314 e. The number of esters is 1. The first-order valence-corrected chi connectivity index (χ1v) is 11.1. The maximum absolute atomic E-state index is 12.9. The van der Waals surface area contributed by atoms with Crippen molar-refractivity contribution in [3.05, 3.63) is 23.8 Å². The number of hydrogen-bond donors (Lipinski definition) is 1. The first-order chi connectivity index (χ1) is 14.8. The fraction of sp³-hybridized carbons (Fsp3) is 0.667. The van der Waals surface area contributed by atoms with E-state index in [-0.39, 0.29) is 17.9 Å². The summed E-state index contributed by atoms with van der Waals surface area (Å²) < 4.78 is 16.3. The first kappa shape index (κ1) is 22.2. The molecular formula is C24H34N2O5. The zero-order valence-electron chi connectivity index (χ0n) is 19.2. The number of aliphatic hydroxyl groups is 1. The average molecular weight is 431 g/mol. The van der Waals surface area contributed by atoms with Crippen molar-refractivity contribution >= 4 is 17.4 Å². The molecule has 170 valence electrons. The number of ether oxygens (including phenoxy) is 3. The van der Waals surface area contributed by atoms with Crippen LogP contribution in [0.5, 0.6) is 5.75 Å². The summed E-state index contributed by atoms with van der Waals surface area (Å²) in [5.74, 6) is 0.822. The maximum Gasteiger partial charge on any atom is 0.314 e. The Labute approximate surface area is 184 Å². The highest BCUT2D eigenvalue weighted by atomic mass is 16.5. The lowest BCUT2D eigenvalue weighted by Gasteiger charge is -2.53. The Balaban J connectivity index is 1.73. The Hall–Kier alpha value is -1.96. The van der Waals surface area contributed by atoms with Crippen LogP contribution in [0.2, 0.25) is 0 Å². The first-order valence-electron chi connectivity index (χ1n) is 11.1. The topological polar surface area (TPSA) is 80.6 Å². The van der Waals surface area contributed by atoms with Crippen molar-refractivity contribution in [1.82, 2.24) is 4.90 Å². The van der Waals surface area contributed by atoms with Gasteiger partial charge in [0.15, 0.2) is 0 Å². The molecule has 0 bridgehead atoms. The zero-order valence-corrected chi connectivity index (χ0v) is 19.2. The zero-order chi connectivity index (χ0) is 22.4. The molecule has 7 heteroatoms. The Morgan fingerprint density at radius 3 is 2.77 bits per heavy atom. The highest BCUT2D eigenvalue weighted by Crippen LogP contribution is 2.52. The molecule has 3 heterocycles. The molecule has 2 saturated heterocycles. The number of benzene rings is 1. The van der Waals surface area contributed by atoms with Crippen LogP contribution in [0.15, 0.2) is 23.2 Å². The molecule has 2 fully saturated rings. The molecule has 0 amide bonds. The molecule has 31 heavy (non-hydrogen) atoms. The fourth-order valence-electron chi connectivity index (χ4n) is 6.17. The lowest BCUT2D eigenvalue weighted by atomic mass is 9.63. The standard InChI is InChI=1S/C24H34N2O5/c1-6-15-13-26-11-10-24(28)20-17(8-7-9-19(20)30-4)25-21(24)18(26)12-16(15)23(2,14-29-3)22(27)31-5/h7-9,15-16,18,28H,6,10-14H2,1-5H3/t15-,16+,18+,23?,24+/m1/s1. The van der Waals surface area contributed by atoms with Crippen LogP contribution in [0, 0.1) is 17.3 Å². The third kappa shape index (κ3) is 3.29. The number of carbonyl (C=O) groups is 1. The molecule has 0 spiro atoms. The van der Waals surface area contributed by atoms with E-state index in [4.69, 9.17) is 19.2 Å². The van der Waals surface area contributed by atoms with Gasteiger partial charge in [-0.15, -0.1) is 0 Å². The van der Waals surface area contributed by atoms with Crippen molar-refractivity contribution in [2.45, 2.75) is 44.8 Å². The van der Waals surface area contributed by atoms with E-state index < -0.39 is 11.0 Å². The number of nitrogens with zero attached hydrogens (tertiary/aromatic N) is 2. The van der Waals surface area contributed by atoms with Gasteiger partial charge in [-0.25, -0.2) is 0 Å². The van der Waals surface area contributed by atoms with Gasteiger partial charge < -0.3 is 19.3 Å². The second-order valence-electron chi connectivity index (χ2n) is 9.33. The van der Waals surface area contributed by atoms with Crippen molar-refractivity contribution in [3.8, 4) is 5.75 Å². The molecule has 0 radical (unpaired) electrons. The summed E-state index contributed by atoms with van der Waals surface area (Å²) >= 11 is 0. The van der Waals surface area contributed by atoms with Gasteiger partial charge in [0.25, 0.3) is 0 Å². The lowest BCUT2D eigenvalue weighted by molar-refractivity contribution is -0.164. The van der Waals surface area contributed by atoms with Crippen LogP contribution >= 0.6 is 0 Å². The monoisotopic (exact) mass is 430 g/mol. The van der Waals surface area contributed by atoms with E-state index in [1.165, 1.54) is 7.11 Å². The molecular weight excluding hydrogens is 396 g/mol. The summed E-state index contributed by atoms with van der Waals surface area (Å²) in [6.07, 6.45) is 2.28. The van der Waals surface area contributed by atoms with Crippen molar-refractivity contribution in [2.75, 3.05) is 41.0 Å². The minimum Gasteiger partial charge on any atom is -0.496 e. The van der Waals surface area contributed by atoms with Crippen molar-refractivity contribution < 1.29 is 24.1 Å². The molecule has 1 unspecified atom stereocenters. The molecule has 7 nitrogen and oxygen atoms in total. The molecule has 1 aromatic carbocycles. The largest absolute Gasteiger partial charge is 0.496 e. The minimum absolute atomic E-state index is 0.0375. The average Bonchev–Trinajstić information content (AvgIpc) is 3.10. The number of aliphatic imine (C=N–C) groups is 1. The Bertz CT molecular complexity index is 887. The number of carbonyl (C=O) groups excluding carboxylic acids is 1. The highest BCUT2D eigenvalue weighted by Gasteiger charge is 2.57. The normalized spacial score (nSPS) is 31.7. The summed E-state index contributed by atoms with van der Waals surface area (Å²) in [5, 5.41) is 11.8. The molecule has 0 saturated carbocycles. The number of hydrogen-bond acceptors (Lipinski definition) is 7. The van der Waals surface area contributed by atoms with Crippen LogP contribution in [0.25, 0.3) is 0 Å². The van der Waals surface area contributed by atoms with E-state index in [1.54, 1.807) is 14.2 Å². The molecule has 4 rings (SSSR count). The van der Waals surface area contributed by atoms with E-state index in [1.807, 2.05) is 25.1 Å². The van der Waals surface area contributed by atoms with E-state index >= 15 is 0 Å². The van der Waals surface area contributed by atoms with E-state index in [2.05, 4.69) is 11.8 Å². The van der Waals surface area contributed by atoms with Crippen LogP contribution in [0.4, 0.5) is 5.69 Å². The minimum atomic E-state index is -1.13. The molecule has 1 aromatic rings. The summed E-state index contributed by atoms with van der Waals surface area (Å²) in [6, 6.07) is 5.68. The third-order valence-electron chi connectivity index (χ3n) is 7.77. The lowest BCUT2D eigenvalue weighted by Crippen LogP contribution is -2.62. The van der Waals surface area contributed by atoms with Crippen LogP contribution in [-0.4, -0.2) is 68.8 Å². The van der Waals surface area contributed by atoms with E-state index in [0.29, 0.717) is 24.7 Å². The SMILES string of the molecule is CC[C@@H]1CN2CC[C@@]3(O)C(=Nc4cccc(OC)c43)[C@@H]2C[C@@H]1C(C)(COC)C(=O)OC. The number of piperidine rings is 2. The van der Waals surface area contributed by atoms with Crippen molar-refractivity contribution in [3.63, 3.8) is 0 Å². The van der Waals surface area contributed by atoms with Gasteiger partial charge >= 0.3 is 5.97 Å². The number of methoxy groups -OCH3 is 3. The van der Waals surface area contributed by atoms with Gasteiger partial charge in [0.05, 0.1) is 49.2 Å². The van der Waals surface area contributed by atoms with Crippen molar-refractivity contribution in [1.29, 1.82) is 0 Å². The van der Waals surface area contributed by atoms with Crippen molar-refractivity contribution in [2.24, 2.45) is 22.2 Å². The number of fused-ring (bicyclic) bond motifs is 5. The van der Waals surface area contributed by atoms with Crippen LogP contribution in [0.1, 0.15) is 38.7 Å². The molecule has 5 atom stereocenters. The van der Waals surface area contributed by atoms with E-state index in [9.17, 15) is 9.90 Å². The second kappa shape index (κ2) is 8.19. The van der Waals surface area contributed by atoms with E-state index in [0.717, 1.165) is 42.9 Å². The second-order valence-corrected chi connectivity index (χ2v) is 9.33. The Morgan fingerprint density at radius 1 is 1.35 bits per heavy atom. The van der Waals surface area contributed by atoms with Crippen LogP contribution in [0.3, 0.4) is 0 Å². The predicted octanol–water partition coefficient (Wildman–Crippen LogP) is 2.92. The molecule has 0 aromatic heterocycles. The summed E-state index contributed by atoms with van der Waals surface area (Å²) in [4.78, 5) is 20.2. The van der Waals surface area contributed by atoms with Gasteiger partial charge in [0.2, 0.25) is 0 Å².